The molecule has 4 nitrogen and oxygen atoms in total. The second-order valence-electron chi connectivity index (χ2n) is 4.81. The lowest BCUT2D eigenvalue weighted by Gasteiger charge is -2.10. The van der Waals surface area contributed by atoms with E-state index in [4.69, 9.17) is 9.47 Å². The van der Waals surface area contributed by atoms with Crippen molar-refractivity contribution >= 4 is 11.3 Å². The third-order valence-corrected chi connectivity index (χ3v) is 4.37. The number of nitrogens with one attached hydrogen (secondary N) is 1. The Morgan fingerprint density at radius 3 is 2.85 bits per heavy atom. The Kier molecular flexibility index (Phi) is 3.89. The molecule has 1 aromatic heterocycles. The van der Waals surface area contributed by atoms with Gasteiger partial charge in [-0.05, 0) is 25.0 Å². The van der Waals surface area contributed by atoms with Crippen LogP contribution >= 0.6 is 11.3 Å². The van der Waals surface area contributed by atoms with E-state index in [1.807, 2.05) is 24.4 Å². The third-order valence-electron chi connectivity index (χ3n) is 3.34. The number of methoxy groups -OCH3 is 2. The molecule has 0 amide bonds. The SMILES string of the molecule is COc1cccc(-c2cnc(CNC3CC3)s2)c1OC. The molecule has 1 fully saturated rings. The van der Waals surface area contributed by atoms with E-state index in [1.165, 1.54) is 12.8 Å². The van der Waals surface area contributed by atoms with Crippen LogP contribution in [0.25, 0.3) is 10.4 Å². The Labute approximate surface area is 122 Å². The Hall–Kier alpha value is -1.59. The monoisotopic (exact) mass is 290 g/mol. The number of benzene rings is 1. The first-order chi connectivity index (χ1) is 9.81. The number of rotatable bonds is 6. The quantitative estimate of drug-likeness (QED) is 0.888. The summed E-state index contributed by atoms with van der Waals surface area (Å²) in [6, 6.07) is 6.61. The van der Waals surface area contributed by atoms with Gasteiger partial charge in [0.25, 0.3) is 0 Å². The fourth-order valence-corrected chi connectivity index (χ4v) is 3.01. The minimum Gasteiger partial charge on any atom is -0.493 e. The molecular weight excluding hydrogens is 272 g/mol. The molecule has 1 aromatic carbocycles. The van der Waals surface area contributed by atoms with Gasteiger partial charge in [-0.3, -0.25) is 0 Å². The van der Waals surface area contributed by atoms with Crippen molar-refractivity contribution in [3.63, 3.8) is 0 Å². The van der Waals surface area contributed by atoms with E-state index in [1.54, 1.807) is 25.6 Å². The summed E-state index contributed by atoms with van der Waals surface area (Å²) in [7, 11) is 3.32. The van der Waals surface area contributed by atoms with Crippen molar-refractivity contribution in [2.75, 3.05) is 14.2 Å². The molecule has 1 aliphatic rings. The average Bonchev–Trinajstić information content (AvgIpc) is 3.21. The Balaban J connectivity index is 1.84. The van der Waals surface area contributed by atoms with Crippen LogP contribution in [0.4, 0.5) is 0 Å². The van der Waals surface area contributed by atoms with E-state index in [-0.39, 0.29) is 0 Å². The topological polar surface area (TPSA) is 43.4 Å². The smallest absolute Gasteiger partial charge is 0.169 e. The number of hydrogen-bond donors (Lipinski definition) is 1. The van der Waals surface area contributed by atoms with Crippen LogP contribution in [-0.4, -0.2) is 25.2 Å². The summed E-state index contributed by atoms with van der Waals surface area (Å²) in [5.74, 6) is 1.51. The molecule has 1 N–H and O–H groups in total. The largest absolute Gasteiger partial charge is 0.493 e. The summed E-state index contributed by atoms with van der Waals surface area (Å²) in [4.78, 5) is 5.59. The molecule has 1 heterocycles. The highest BCUT2D eigenvalue weighted by molar-refractivity contribution is 7.15. The fraction of sp³-hybridized carbons (Fsp3) is 0.400. The minimum atomic E-state index is 0.703. The van der Waals surface area contributed by atoms with Gasteiger partial charge in [0, 0.05) is 24.3 Å². The number of ether oxygens (including phenoxy) is 2. The minimum absolute atomic E-state index is 0.703. The summed E-state index contributed by atoms with van der Waals surface area (Å²) in [6.45, 7) is 0.849. The molecule has 0 unspecified atom stereocenters. The molecule has 106 valence electrons. The van der Waals surface area contributed by atoms with Crippen molar-refractivity contribution in [1.29, 1.82) is 0 Å². The molecule has 0 bridgehead atoms. The predicted octanol–water partition coefficient (Wildman–Crippen LogP) is 3.08. The lowest BCUT2D eigenvalue weighted by atomic mass is 10.1. The average molecular weight is 290 g/mol. The van der Waals surface area contributed by atoms with E-state index < -0.39 is 0 Å². The van der Waals surface area contributed by atoms with Crippen molar-refractivity contribution < 1.29 is 9.47 Å². The van der Waals surface area contributed by atoms with Crippen molar-refractivity contribution in [3.8, 4) is 21.9 Å². The molecule has 0 radical (unpaired) electrons. The number of nitrogens with zero attached hydrogens (tertiary/aromatic N) is 1. The van der Waals surface area contributed by atoms with Gasteiger partial charge < -0.3 is 14.8 Å². The molecule has 1 aliphatic carbocycles. The molecule has 20 heavy (non-hydrogen) atoms. The van der Waals surface area contributed by atoms with Crippen LogP contribution in [0.3, 0.4) is 0 Å². The zero-order valence-electron chi connectivity index (χ0n) is 11.7. The second-order valence-corrected chi connectivity index (χ2v) is 5.93. The van der Waals surface area contributed by atoms with Crippen LogP contribution in [0.2, 0.25) is 0 Å². The van der Waals surface area contributed by atoms with Gasteiger partial charge in [0.2, 0.25) is 0 Å². The second kappa shape index (κ2) is 5.81. The van der Waals surface area contributed by atoms with Gasteiger partial charge in [-0.15, -0.1) is 11.3 Å². The van der Waals surface area contributed by atoms with Crippen LogP contribution in [0.15, 0.2) is 24.4 Å². The van der Waals surface area contributed by atoms with Gasteiger partial charge in [-0.2, -0.15) is 0 Å². The standard InChI is InChI=1S/C15H18N2O2S/c1-18-12-5-3-4-11(15(12)19-2)13-8-17-14(20-13)9-16-10-6-7-10/h3-5,8,10,16H,6-7,9H2,1-2H3. The first kappa shape index (κ1) is 13.4. The lowest BCUT2D eigenvalue weighted by Crippen LogP contribution is -2.14. The summed E-state index contributed by atoms with van der Waals surface area (Å²) in [5, 5.41) is 4.59. The van der Waals surface area contributed by atoms with Gasteiger partial charge in [0.15, 0.2) is 11.5 Å². The highest BCUT2D eigenvalue weighted by atomic mass is 32.1. The Morgan fingerprint density at radius 2 is 2.15 bits per heavy atom. The van der Waals surface area contributed by atoms with E-state index in [0.29, 0.717) is 6.04 Å². The molecular formula is C15H18N2O2S. The number of para-hydroxylation sites is 1. The molecule has 1 saturated carbocycles. The predicted molar refractivity (Wildman–Crippen MR) is 80.5 cm³/mol. The van der Waals surface area contributed by atoms with E-state index in [9.17, 15) is 0 Å². The summed E-state index contributed by atoms with van der Waals surface area (Å²) >= 11 is 1.70. The summed E-state index contributed by atoms with van der Waals surface area (Å²) in [5.41, 5.74) is 1.03. The van der Waals surface area contributed by atoms with Crippen LogP contribution in [-0.2, 0) is 6.54 Å². The number of aromatic nitrogens is 1. The molecule has 0 spiro atoms. The van der Waals surface area contributed by atoms with Gasteiger partial charge >= 0.3 is 0 Å². The first-order valence-corrected chi connectivity index (χ1v) is 7.53. The van der Waals surface area contributed by atoms with Crippen molar-refractivity contribution in [2.45, 2.75) is 25.4 Å². The van der Waals surface area contributed by atoms with Gasteiger partial charge in [0.1, 0.15) is 5.01 Å². The molecule has 5 heteroatoms. The maximum atomic E-state index is 5.48. The van der Waals surface area contributed by atoms with Crippen molar-refractivity contribution in [1.82, 2.24) is 10.3 Å². The normalized spacial score (nSPS) is 14.3. The van der Waals surface area contributed by atoms with Gasteiger partial charge in [-0.1, -0.05) is 6.07 Å². The zero-order valence-corrected chi connectivity index (χ0v) is 12.5. The van der Waals surface area contributed by atoms with Crippen molar-refractivity contribution in [2.24, 2.45) is 0 Å². The lowest BCUT2D eigenvalue weighted by molar-refractivity contribution is 0.356. The molecule has 2 aromatic rings. The highest BCUT2D eigenvalue weighted by Crippen LogP contribution is 2.39. The summed E-state index contributed by atoms with van der Waals surface area (Å²) in [6.07, 6.45) is 4.50. The van der Waals surface area contributed by atoms with Crippen LogP contribution < -0.4 is 14.8 Å². The zero-order chi connectivity index (χ0) is 13.9. The maximum Gasteiger partial charge on any atom is 0.169 e. The maximum absolute atomic E-state index is 5.48. The Bertz CT molecular complexity index is 593. The molecule has 3 rings (SSSR count). The fourth-order valence-electron chi connectivity index (χ4n) is 2.12. The molecule has 0 aliphatic heterocycles. The van der Waals surface area contributed by atoms with Crippen LogP contribution in [0.5, 0.6) is 11.5 Å². The number of thiazole rings is 1. The van der Waals surface area contributed by atoms with Crippen LogP contribution in [0.1, 0.15) is 17.8 Å². The van der Waals surface area contributed by atoms with Crippen LogP contribution in [0, 0.1) is 0 Å². The third kappa shape index (κ3) is 2.78. The van der Waals surface area contributed by atoms with Crippen molar-refractivity contribution in [3.05, 3.63) is 29.4 Å². The summed E-state index contributed by atoms with van der Waals surface area (Å²) < 4.78 is 10.8. The van der Waals surface area contributed by atoms with E-state index >= 15 is 0 Å². The highest BCUT2D eigenvalue weighted by Gasteiger charge is 2.21. The van der Waals surface area contributed by atoms with Gasteiger partial charge in [-0.25, -0.2) is 4.98 Å². The Morgan fingerprint density at radius 1 is 1.30 bits per heavy atom. The van der Waals surface area contributed by atoms with Gasteiger partial charge in [0.05, 0.1) is 19.1 Å². The van der Waals surface area contributed by atoms with E-state index in [2.05, 4.69) is 10.3 Å². The molecule has 0 saturated heterocycles. The molecule has 0 atom stereocenters. The van der Waals surface area contributed by atoms with E-state index in [0.717, 1.165) is 33.5 Å². The first-order valence-electron chi connectivity index (χ1n) is 6.71. The number of hydrogen-bond acceptors (Lipinski definition) is 5.